The number of aliphatic imine (C=N–C) groups is 1. The van der Waals surface area contributed by atoms with Gasteiger partial charge in [0.15, 0.2) is 5.96 Å². The van der Waals surface area contributed by atoms with Crippen LogP contribution in [0.5, 0.6) is 5.75 Å². The van der Waals surface area contributed by atoms with Crippen molar-refractivity contribution in [2.24, 2.45) is 16.5 Å². The molecule has 0 amide bonds. The van der Waals surface area contributed by atoms with E-state index in [1.54, 1.807) is 48.2 Å². The van der Waals surface area contributed by atoms with Crippen LogP contribution in [0.25, 0.3) is 0 Å². The summed E-state index contributed by atoms with van der Waals surface area (Å²) in [6.45, 7) is 3.42. The average Bonchev–Trinajstić information content (AvgIpc) is 2.66. The van der Waals surface area contributed by atoms with Crippen LogP contribution in [0.15, 0.2) is 58.4 Å². The molecular weight excluding hydrogens is 398 g/mol. The number of rotatable bonds is 8. The predicted octanol–water partition coefficient (Wildman–Crippen LogP) is 3.16. The maximum atomic E-state index is 12.1. The lowest BCUT2D eigenvalue weighted by Crippen LogP contribution is -2.21. The van der Waals surface area contributed by atoms with Crippen molar-refractivity contribution in [3.05, 3.63) is 54.1 Å². The van der Waals surface area contributed by atoms with E-state index in [1.807, 2.05) is 19.1 Å². The van der Waals surface area contributed by atoms with E-state index in [4.69, 9.17) is 35.9 Å². The Morgan fingerprint density at radius 1 is 1.03 bits per heavy atom. The number of hydrogen-bond donors (Lipinski definition) is 4. The fourth-order valence-electron chi connectivity index (χ4n) is 1.95. The van der Waals surface area contributed by atoms with E-state index < -0.39 is 12.1 Å². The van der Waals surface area contributed by atoms with E-state index in [9.17, 15) is 4.79 Å². The minimum atomic E-state index is -1.83. The third-order valence-electron chi connectivity index (χ3n) is 3.10. The number of nitrogens with two attached hydrogens (primary N) is 2. The summed E-state index contributed by atoms with van der Waals surface area (Å²) in [5.74, 6) is 0.907. The van der Waals surface area contributed by atoms with Gasteiger partial charge in [-0.2, -0.15) is 0 Å². The Morgan fingerprint density at radius 2 is 1.62 bits per heavy atom. The van der Waals surface area contributed by atoms with Crippen molar-refractivity contribution in [1.29, 1.82) is 0 Å². The molecule has 0 spiro atoms. The van der Waals surface area contributed by atoms with Gasteiger partial charge in [0.2, 0.25) is 0 Å². The fraction of sp³-hybridized carbons (Fsp3) is 0.211. The van der Waals surface area contributed by atoms with Gasteiger partial charge in [-0.1, -0.05) is 0 Å². The SMILES string of the molecule is CCOCCSc1ccc(OC(=O)c2ccc(N=C(N)N)cc2)cc1.O=C(O)O. The minimum Gasteiger partial charge on any atom is -0.450 e. The van der Waals surface area contributed by atoms with Crippen molar-refractivity contribution in [2.45, 2.75) is 11.8 Å². The highest BCUT2D eigenvalue weighted by molar-refractivity contribution is 7.99. The third kappa shape index (κ3) is 10.6. The second-order valence-corrected chi connectivity index (χ2v) is 6.44. The number of esters is 1. The molecule has 0 heterocycles. The first-order valence-corrected chi connectivity index (χ1v) is 9.44. The summed E-state index contributed by atoms with van der Waals surface area (Å²) >= 11 is 1.69. The second-order valence-electron chi connectivity index (χ2n) is 5.27. The molecule has 0 aliphatic heterocycles. The van der Waals surface area contributed by atoms with Crippen LogP contribution >= 0.6 is 11.8 Å². The van der Waals surface area contributed by atoms with Crippen molar-refractivity contribution in [3.8, 4) is 5.75 Å². The van der Waals surface area contributed by atoms with Crippen molar-refractivity contribution in [3.63, 3.8) is 0 Å². The van der Waals surface area contributed by atoms with E-state index in [-0.39, 0.29) is 5.96 Å². The average molecular weight is 421 g/mol. The van der Waals surface area contributed by atoms with Crippen molar-refractivity contribution in [1.82, 2.24) is 0 Å². The summed E-state index contributed by atoms with van der Waals surface area (Å²) in [7, 11) is 0. The topological polar surface area (TPSA) is 157 Å². The van der Waals surface area contributed by atoms with Gasteiger partial charge in [-0.3, -0.25) is 0 Å². The first kappa shape index (κ1) is 23.8. The van der Waals surface area contributed by atoms with Crippen molar-refractivity contribution in [2.75, 3.05) is 19.0 Å². The van der Waals surface area contributed by atoms with E-state index in [0.717, 1.165) is 17.3 Å². The highest BCUT2D eigenvalue weighted by atomic mass is 32.2. The number of carboxylic acid groups (broad SMARTS) is 2. The summed E-state index contributed by atoms with van der Waals surface area (Å²) < 4.78 is 10.7. The lowest BCUT2D eigenvalue weighted by atomic mass is 10.2. The smallest absolute Gasteiger partial charge is 0.450 e. The van der Waals surface area contributed by atoms with Crippen LogP contribution in [0.4, 0.5) is 10.5 Å². The van der Waals surface area contributed by atoms with Crippen molar-refractivity contribution < 1.29 is 29.3 Å². The quantitative estimate of drug-likeness (QED) is 0.125. The normalized spacial score (nSPS) is 9.69. The maximum Gasteiger partial charge on any atom is 0.503 e. The molecular formula is C19H23N3O6S. The zero-order valence-electron chi connectivity index (χ0n) is 15.8. The highest BCUT2D eigenvalue weighted by Gasteiger charge is 2.08. The highest BCUT2D eigenvalue weighted by Crippen LogP contribution is 2.22. The van der Waals surface area contributed by atoms with Crippen LogP contribution in [-0.2, 0) is 4.74 Å². The number of thioether (sulfide) groups is 1. The van der Waals surface area contributed by atoms with Gasteiger partial charge in [0.25, 0.3) is 0 Å². The number of ether oxygens (including phenoxy) is 2. The molecule has 2 rings (SSSR count). The molecule has 0 bridgehead atoms. The molecule has 2 aromatic rings. The Kier molecular flexibility index (Phi) is 10.7. The lowest BCUT2D eigenvalue weighted by molar-refractivity contribution is 0.0734. The summed E-state index contributed by atoms with van der Waals surface area (Å²) in [6, 6.07) is 13.9. The molecule has 0 aromatic heterocycles. The summed E-state index contributed by atoms with van der Waals surface area (Å²) in [5.41, 5.74) is 11.6. The number of carbonyl (C=O) groups excluding carboxylic acids is 1. The maximum absolute atomic E-state index is 12.1. The molecule has 0 unspecified atom stereocenters. The Balaban J connectivity index is 0.000000960. The summed E-state index contributed by atoms with van der Waals surface area (Å²) in [6.07, 6.45) is -1.83. The molecule has 10 heteroatoms. The van der Waals surface area contributed by atoms with Gasteiger partial charge in [-0.25, -0.2) is 14.6 Å². The number of hydrogen-bond acceptors (Lipinski definition) is 6. The largest absolute Gasteiger partial charge is 0.503 e. The minimum absolute atomic E-state index is 0.0328. The number of benzene rings is 2. The molecule has 0 aliphatic rings. The monoisotopic (exact) mass is 421 g/mol. The van der Waals surface area contributed by atoms with Crippen molar-refractivity contribution >= 4 is 35.5 Å². The van der Waals surface area contributed by atoms with Crippen LogP contribution < -0.4 is 16.2 Å². The Bertz CT molecular complexity index is 802. The van der Waals surface area contributed by atoms with Gasteiger partial charge in [0, 0.05) is 17.3 Å². The predicted molar refractivity (Wildman–Crippen MR) is 111 cm³/mol. The molecule has 0 atom stereocenters. The number of nitrogens with zero attached hydrogens (tertiary/aromatic N) is 1. The van der Waals surface area contributed by atoms with E-state index >= 15 is 0 Å². The molecule has 0 saturated heterocycles. The zero-order valence-corrected chi connectivity index (χ0v) is 16.6. The van der Waals surface area contributed by atoms with Gasteiger partial charge in [-0.05, 0) is 55.5 Å². The molecule has 0 radical (unpaired) electrons. The van der Waals surface area contributed by atoms with Gasteiger partial charge in [0.05, 0.1) is 17.9 Å². The van der Waals surface area contributed by atoms with Gasteiger partial charge in [0.1, 0.15) is 5.75 Å². The molecule has 0 fully saturated rings. The van der Waals surface area contributed by atoms with Crippen LogP contribution in [-0.4, -0.2) is 47.3 Å². The first-order valence-electron chi connectivity index (χ1n) is 8.46. The molecule has 156 valence electrons. The van der Waals surface area contributed by atoms with Crippen LogP contribution in [0, 0.1) is 0 Å². The Morgan fingerprint density at radius 3 is 2.14 bits per heavy atom. The van der Waals surface area contributed by atoms with Gasteiger partial charge >= 0.3 is 12.1 Å². The standard InChI is InChI=1S/C18H21N3O3S.CH2O3/c1-2-23-11-12-25-16-9-7-15(8-10-16)24-17(22)13-3-5-14(6-4-13)21-18(19)20;2-1(3)4/h3-10H,2,11-12H2,1H3,(H4,19,20,21);(H2,2,3,4). The van der Waals surface area contributed by atoms with Gasteiger partial charge < -0.3 is 31.2 Å². The number of guanidine groups is 1. The summed E-state index contributed by atoms with van der Waals surface area (Å²) in [5, 5.41) is 13.9. The molecule has 0 aliphatic carbocycles. The Labute approximate surface area is 172 Å². The zero-order chi connectivity index (χ0) is 21.6. The molecule has 6 N–H and O–H groups in total. The third-order valence-corrected chi connectivity index (χ3v) is 4.07. The first-order chi connectivity index (χ1) is 13.8. The van der Waals surface area contributed by atoms with Gasteiger partial charge in [-0.15, -0.1) is 11.8 Å². The molecule has 2 aromatic carbocycles. The van der Waals surface area contributed by atoms with E-state index in [2.05, 4.69) is 4.99 Å². The Hall–Kier alpha value is -3.24. The second kappa shape index (κ2) is 13.0. The van der Waals surface area contributed by atoms with Crippen LogP contribution in [0.3, 0.4) is 0 Å². The molecule has 9 nitrogen and oxygen atoms in total. The fourth-order valence-corrected chi connectivity index (χ4v) is 2.72. The van der Waals surface area contributed by atoms with Crippen LogP contribution in [0.1, 0.15) is 17.3 Å². The van der Waals surface area contributed by atoms with Crippen LogP contribution in [0.2, 0.25) is 0 Å². The molecule has 29 heavy (non-hydrogen) atoms. The lowest BCUT2D eigenvalue weighted by Gasteiger charge is -2.06. The van der Waals surface area contributed by atoms with E-state index in [0.29, 0.717) is 23.6 Å². The van der Waals surface area contributed by atoms with E-state index in [1.165, 1.54) is 0 Å². The number of carbonyl (C=O) groups is 2. The summed E-state index contributed by atoms with van der Waals surface area (Å²) in [4.78, 5) is 25.7. The molecule has 0 saturated carbocycles.